The number of rotatable bonds is 2. The second kappa shape index (κ2) is 5.52. The number of nitrogens with zero attached hydrogens (tertiary/aromatic N) is 2. The lowest BCUT2D eigenvalue weighted by molar-refractivity contribution is -0.134. The SMILES string of the molecule is O=C(C1=CSC2(N3CCCC3=O)CC12)N1CCCC2CCCCC21. The van der Waals surface area contributed by atoms with Gasteiger partial charge in [0.05, 0.1) is 0 Å². The highest BCUT2D eigenvalue weighted by atomic mass is 32.2. The molecule has 130 valence electrons. The summed E-state index contributed by atoms with van der Waals surface area (Å²) < 4.78 is 0. The van der Waals surface area contributed by atoms with Gasteiger partial charge in [0.15, 0.2) is 0 Å². The van der Waals surface area contributed by atoms with Crippen LogP contribution in [-0.4, -0.2) is 45.6 Å². The summed E-state index contributed by atoms with van der Waals surface area (Å²) in [6.45, 7) is 1.82. The van der Waals surface area contributed by atoms with Crippen LogP contribution in [0.5, 0.6) is 0 Å². The van der Waals surface area contributed by atoms with E-state index in [1.165, 1.54) is 32.1 Å². The molecule has 4 nitrogen and oxygen atoms in total. The first-order chi connectivity index (χ1) is 11.7. The summed E-state index contributed by atoms with van der Waals surface area (Å²) in [6.07, 6.45) is 10.2. The number of thioether (sulfide) groups is 1. The maximum Gasteiger partial charge on any atom is 0.250 e. The molecule has 0 aromatic rings. The number of carbonyl (C=O) groups is 2. The minimum Gasteiger partial charge on any atom is -0.336 e. The normalized spacial score (nSPS) is 41.1. The van der Waals surface area contributed by atoms with Crippen molar-refractivity contribution in [1.82, 2.24) is 9.80 Å². The zero-order chi connectivity index (χ0) is 16.3. The smallest absolute Gasteiger partial charge is 0.250 e. The van der Waals surface area contributed by atoms with Crippen LogP contribution in [0.3, 0.4) is 0 Å². The molecule has 4 fully saturated rings. The molecule has 0 N–H and O–H groups in total. The van der Waals surface area contributed by atoms with Crippen molar-refractivity contribution >= 4 is 23.6 Å². The van der Waals surface area contributed by atoms with E-state index >= 15 is 0 Å². The first-order valence-electron chi connectivity index (χ1n) is 9.70. The number of amides is 2. The molecule has 3 heterocycles. The van der Waals surface area contributed by atoms with Crippen LogP contribution in [0.4, 0.5) is 0 Å². The Morgan fingerprint density at radius 1 is 1.12 bits per heavy atom. The summed E-state index contributed by atoms with van der Waals surface area (Å²) in [5.74, 6) is 1.60. The van der Waals surface area contributed by atoms with Crippen LogP contribution in [0, 0.1) is 11.8 Å². The summed E-state index contributed by atoms with van der Waals surface area (Å²) in [5.41, 5.74) is 1.01. The Hall–Kier alpha value is -0.970. The molecule has 0 radical (unpaired) electrons. The first-order valence-corrected chi connectivity index (χ1v) is 10.6. The molecule has 0 aromatic carbocycles. The zero-order valence-corrected chi connectivity index (χ0v) is 15.0. The second-order valence-electron chi connectivity index (χ2n) is 8.19. The average Bonchev–Trinajstić information content (AvgIpc) is 2.97. The van der Waals surface area contributed by atoms with Crippen LogP contribution in [0.1, 0.15) is 57.8 Å². The Morgan fingerprint density at radius 3 is 2.75 bits per heavy atom. The van der Waals surface area contributed by atoms with E-state index in [2.05, 4.69) is 15.2 Å². The third kappa shape index (κ3) is 2.12. The number of piperidine rings is 1. The average molecular weight is 346 g/mol. The summed E-state index contributed by atoms with van der Waals surface area (Å²) >= 11 is 1.75. The van der Waals surface area contributed by atoms with Gasteiger partial charge in [-0.15, -0.1) is 11.8 Å². The molecule has 4 atom stereocenters. The molecule has 2 saturated heterocycles. The molecule has 3 aliphatic heterocycles. The van der Waals surface area contributed by atoms with Gasteiger partial charge in [-0.3, -0.25) is 9.59 Å². The van der Waals surface area contributed by atoms with E-state index in [4.69, 9.17) is 0 Å². The van der Waals surface area contributed by atoms with E-state index in [9.17, 15) is 9.59 Å². The van der Waals surface area contributed by atoms with E-state index in [-0.39, 0.29) is 16.7 Å². The minimum atomic E-state index is -0.0830. The fourth-order valence-corrected chi connectivity index (χ4v) is 7.09. The van der Waals surface area contributed by atoms with Crippen LogP contribution >= 0.6 is 11.8 Å². The standard InChI is InChI=1S/C19H26N2O2S/c22-17-8-4-10-21(17)19-11-15(19)14(12-24-19)18(23)20-9-3-6-13-5-1-2-7-16(13)20/h12-13,15-16H,1-11H2. The number of fused-ring (bicyclic) bond motifs is 2. The number of likely N-dealkylation sites (tertiary alicyclic amines) is 2. The van der Waals surface area contributed by atoms with Crippen LogP contribution in [0.2, 0.25) is 0 Å². The lowest BCUT2D eigenvalue weighted by Gasteiger charge is -2.44. The fraction of sp³-hybridized carbons (Fsp3) is 0.789. The summed E-state index contributed by atoms with van der Waals surface area (Å²) in [6, 6.07) is 0.480. The zero-order valence-electron chi connectivity index (χ0n) is 14.2. The van der Waals surface area contributed by atoms with Gasteiger partial charge < -0.3 is 9.80 Å². The van der Waals surface area contributed by atoms with Gasteiger partial charge in [0.1, 0.15) is 4.87 Å². The fourth-order valence-electron chi connectivity index (χ4n) is 5.62. The van der Waals surface area contributed by atoms with Gasteiger partial charge >= 0.3 is 0 Å². The van der Waals surface area contributed by atoms with Crippen LogP contribution in [0.15, 0.2) is 11.0 Å². The van der Waals surface area contributed by atoms with Gasteiger partial charge in [-0.1, -0.05) is 12.8 Å². The molecule has 5 heteroatoms. The van der Waals surface area contributed by atoms with Crippen molar-refractivity contribution in [1.29, 1.82) is 0 Å². The predicted octanol–water partition coefficient (Wildman–Crippen LogP) is 3.14. The lowest BCUT2D eigenvalue weighted by atomic mass is 9.78. The molecule has 4 unspecified atom stereocenters. The van der Waals surface area contributed by atoms with Gasteiger partial charge in [-0.05, 0) is 49.9 Å². The van der Waals surface area contributed by atoms with Crippen molar-refractivity contribution in [3.63, 3.8) is 0 Å². The lowest BCUT2D eigenvalue weighted by Crippen LogP contribution is -2.50. The van der Waals surface area contributed by atoms with Crippen molar-refractivity contribution in [2.45, 2.75) is 68.7 Å². The van der Waals surface area contributed by atoms with Crippen molar-refractivity contribution in [3.8, 4) is 0 Å². The molecule has 0 aromatic heterocycles. The number of carbonyl (C=O) groups excluding carboxylic acids is 2. The van der Waals surface area contributed by atoms with E-state index in [0.29, 0.717) is 18.4 Å². The molecular weight excluding hydrogens is 320 g/mol. The third-order valence-electron chi connectivity index (χ3n) is 6.93. The molecular formula is C19H26N2O2S. The van der Waals surface area contributed by atoms with Gasteiger partial charge in [-0.25, -0.2) is 0 Å². The van der Waals surface area contributed by atoms with Crippen molar-refractivity contribution in [3.05, 3.63) is 11.0 Å². The topological polar surface area (TPSA) is 40.6 Å². The first kappa shape index (κ1) is 15.3. The molecule has 2 saturated carbocycles. The Balaban J connectivity index is 1.33. The highest BCUT2D eigenvalue weighted by molar-refractivity contribution is 8.04. The maximum atomic E-state index is 13.3. The molecule has 5 rings (SSSR count). The quantitative estimate of drug-likeness (QED) is 0.771. The Bertz CT molecular complexity index is 616. The Labute approximate surface area is 148 Å². The highest BCUT2D eigenvalue weighted by Crippen LogP contribution is 2.66. The third-order valence-corrected chi connectivity index (χ3v) is 8.38. The van der Waals surface area contributed by atoms with Crippen molar-refractivity contribution < 1.29 is 9.59 Å². The molecule has 2 aliphatic carbocycles. The van der Waals surface area contributed by atoms with Gasteiger partial charge in [-0.2, -0.15) is 0 Å². The predicted molar refractivity (Wildman–Crippen MR) is 94.2 cm³/mol. The van der Waals surface area contributed by atoms with Crippen LogP contribution in [0.25, 0.3) is 0 Å². The van der Waals surface area contributed by atoms with Crippen LogP contribution in [-0.2, 0) is 9.59 Å². The van der Waals surface area contributed by atoms with E-state index in [0.717, 1.165) is 43.8 Å². The second-order valence-corrected chi connectivity index (χ2v) is 9.37. The van der Waals surface area contributed by atoms with Gasteiger partial charge in [0, 0.05) is 37.0 Å². The van der Waals surface area contributed by atoms with E-state index in [1.807, 2.05) is 0 Å². The number of hydrogen-bond acceptors (Lipinski definition) is 3. The van der Waals surface area contributed by atoms with Crippen molar-refractivity contribution in [2.24, 2.45) is 11.8 Å². The monoisotopic (exact) mass is 346 g/mol. The van der Waals surface area contributed by atoms with Crippen molar-refractivity contribution in [2.75, 3.05) is 13.1 Å². The summed E-state index contributed by atoms with van der Waals surface area (Å²) in [4.78, 5) is 29.6. The number of hydrogen-bond donors (Lipinski definition) is 0. The van der Waals surface area contributed by atoms with E-state index in [1.54, 1.807) is 11.8 Å². The molecule has 24 heavy (non-hydrogen) atoms. The summed E-state index contributed by atoms with van der Waals surface area (Å²) in [5, 5.41) is 2.09. The summed E-state index contributed by atoms with van der Waals surface area (Å²) in [7, 11) is 0. The maximum absolute atomic E-state index is 13.3. The van der Waals surface area contributed by atoms with Gasteiger partial charge in [0.2, 0.25) is 5.91 Å². The van der Waals surface area contributed by atoms with E-state index < -0.39 is 0 Å². The minimum absolute atomic E-state index is 0.0830. The molecule has 0 bridgehead atoms. The van der Waals surface area contributed by atoms with Gasteiger partial charge in [0.25, 0.3) is 5.91 Å². The molecule has 0 spiro atoms. The van der Waals surface area contributed by atoms with Crippen LogP contribution < -0.4 is 0 Å². The highest BCUT2D eigenvalue weighted by Gasteiger charge is 2.66. The largest absolute Gasteiger partial charge is 0.336 e. The molecule has 2 amide bonds. The molecule has 5 aliphatic rings. The Morgan fingerprint density at radius 2 is 1.96 bits per heavy atom. The Kier molecular flexibility index (Phi) is 3.52.